The lowest BCUT2D eigenvalue weighted by atomic mass is 10.1. The van der Waals surface area contributed by atoms with E-state index in [-0.39, 0.29) is 19.3 Å². The highest BCUT2D eigenvalue weighted by Gasteiger charge is 2.50. The van der Waals surface area contributed by atoms with Gasteiger partial charge in [0.25, 0.3) is 0 Å². The van der Waals surface area contributed by atoms with Gasteiger partial charge in [0.2, 0.25) is 4.78 Å². The van der Waals surface area contributed by atoms with Gasteiger partial charge in [0.05, 0.1) is 0 Å². The number of alkyl halides is 6. The second kappa shape index (κ2) is 8.67. The number of hydrogen-bond acceptors (Lipinski definition) is 0. The standard InChI is InChI=1S/C9H13F6.C5H10.Al/c10-7(8(11)12)5-3-1-2-4-6-9(13,14)15;1-3-5-4-2;/h7H,1-6H2;1-5H2;. The van der Waals surface area contributed by atoms with Crippen LogP contribution < -0.4 is 0 Å². The largest absolute Gasteiger partial charge is 0.389 e. The van der Waals surface area contributed by atoms with Crippen molar-refractivity contribution in [3.8, 4) is 0 Å². The van der Waals surface area contributed by atoms with E-state index in [1.54, 1.807) is 0 Å². The Labute approximate surface area is 126 Å². The SMILES string of the molecule is FC(CCCCCCC(F)(F)F)[C](F)(F)[Al]1[CH2]CCC[CH2]1. The zero-order chi connectivity index (χ0) is 15.9. The second-order valence-electron chi connectivity index (χ2n) is 6.05. The molecule has 0 radical (unpaired) electrons. The fourth-order valence-corrected chi connectivity index (χ4v) is 6.24. The maximum absolute atomic E-state index is 14.0. The van der Waals surface area contributed by atoms with Crippen LogP contribution in [0.4, 0.5) is 26.3 Å². The summed E-state index contributed by atoms with van der Waals surface area (Å²) in [6, 6.07) is 0. The Morgan fingerprint density at radius 3 is 1.95 bits per heavy atom. The van der Waals surface area contributed by atoms with Gasteiger partial charge < -0.3 is 0 Å². The summed E-state index contributed by atoms with van der Waals surface area (Å²) >= 11 is -2.34. The summed E-state index contributed by atoms with van der Waals surface area (Å²) in [5, 5.41) is 1.03. The quantitative estimate of drug-likeness (QED) is 0.287. The Morgan fingerprint density at radius 1 is 0.810 bits per heavy atom. The third kappa shape index (κ3) is 7.28. The summed E-state index contributed by atoms with van der Waals surface area (Å²) in [6.45, 7) is 0. The van der Waals surface area contributed by atoms with Crippen molar-refractivity contribution in [2.45, 2.75) is 85.5 Å². The van der Waals surface area contributed by atoms with Crippen molar-refractivity contribution in [2.75, 3.05) is 0 Å². The second-order valence-corrected chi connectivity index (χ2v) is 9.36. The predicted molar refractivity (Wildman–Crippen MR) is 72.8 cm³/mol. The topological polar surface area (TPSA) is 0 Å². The molecular weight excluding hydrogens is 309 g/mol. The normalized spacial score (nSPS) is 18.9. The van der Waals surface area contributed by atoms with Crippen LogP contribution in [0, 0.1) is 0 Å². The molecule has 0 spiro atoms. The zero-order valence-electron chi connectivity index (χ0n) is 12.2. The summed E-state index contributed by atoms with van der Waals surface area (Å²) in [5.41, 5.74) is 0. The predicted octanol–water partition coefficient (Wildman–Crippen LogP) is 6.08. The molecule has 1 rings (SSSR count). The summed E-state index contributed by atoms with van der Waals surface area (Å²) in [5.74, 6) is 0. The minimum Gasteiger partial charge on any atom is -0.243 e. The zero-order valence-corrected chi connectivity index (χ0v) is 13.4. The number of hydrogen-bond donors (Lipinski definition) is 0. The van der Waals surface area contributed by atoms with Crippen LogP contribution >= 0.6 is 0 Å². The van der Waals surface area contributed by atoms with Crippen LogP contribution in [-0.2, 0) is 0 Å². The minimum absolute atomic E-state index is 0.00573. The molecule has 0 saturated carbocycles. The Balaban J connectivity index is 2.18. The summed E-state index contributed by atoms with van der Waals surface area (Å²) < 4.78 is 77.4. The van der Waals surface area contributed by atoms with Gasteiger partial charge in [-0.2, -0.15) is 13.2 Å². The molecule has 0 aromatic heterocycles. The molecule has 1 atom stereocenters. The lowest BCUT2D eigenvalue weighted by molar-refractivity contribution is -0.135. The molecular formula is C14H23AlF6. The van der Waals surface area contributed by atoms with E-state index >= 15 is 0 Å². The van der Waals surface area contributed by atoms with Gasteiger partial charge in [-0.3, -0.25) is 0 Å². The van der Waals surface area contributed by atoms with Gasteiger partial charge in [-0.25, -0.2) is 13.2 Å². The van der Waals surface area contributed by atoms with E-state index in [1.807, 2.05) is 0 Å². The Morgan fingerprint density at radius 2 is 1.38 bits per heavy atom. The molecule has 0 aliphatic carbocycles. The van der Waals surface area contributed by atoms with Crippen LogP contribution in [0.15, 0.2) is 0 Å². The molecule has 1 saturated heterocycles. The lowest BCUT2D eigenvalue weighted by Gasteiger charge is -2.29. The highest BCUT2D eigenvalue weighted by Crippen LogP contribution is 2.36. The van der Waals surface area contributed by atoms with Crippen molar-refractivity contribution in [1.82, 2.24) is 0 Å². The first-order valence-electron chi connectivity index (χ1n) is 7.82. The Hall–Kier alpha value is 0.112. The van der Waals surface area contributed by atoms with E-state index in [1.165, 1.54) is 0 Å². The van der Waals surface area contributed by atoms with Gasteiger partial charge in [0.1, 0.15) is 6.17 Å². The van der Waals surface area contributed by atoms with Crippen molar-refractivity contribution in [3.05, 3.63) is 0 Å². The number of halogens is 6. The molecule has 0 aromatic rings. The van der Waals surface area contributed by atoms with Crippen molar-refractivity contribution < 1.29 is 26.3 Å². The summed E-state index contributed by atoms with van der Waals surface area (Å²) in [6.07, 6.45) is -3.85. The van der Waals surface area contributed by atoms with E-state index < -0.39 is 37.7 Å². The molecule has 1 aliphatic rings. The lowest BCUT2D eigenvalue weighted by Crippen LogP contribution is -2.46. The van der Waals surface area contributed by atoms with Gasteiger partial charge in [-0.1, -0.05) is 49.1 Å². The molecule has 0 N–H and O–H groups in total. The molecule has 0 aromatic carbocycles. The van der Waals surface area contributed by atoms with Crippen LogP contribution in [0.1, 0.15) is 57.8 Å². The van der Waals surface area contributed by atoms with Crippen molar-refractivity contribution in [3.63, 3.8) is 0 Å². The van der Waals surface area contributed by atoms with E-state index in [0.29, 0.717) is 23.4 Å². The van der Waals surface area contributed by atoms with E-state index in [2.05, 4.69) is 0 Å². The van der Waals surface area contributed by atoms with Gasteiger partial charge >= 0.3 is 20.3 Å². The maximum Gasteiger partial charge on any atom is 0.389 e. The third-order valence-electron chi connectivity index (χ3n) is 4.23. The smallest absolute Gasteiger partial charge is 0.243 e. The Kier molecular flexibility index (Phi) is 7.91. The van der Waals surface area contributed by atoms with Crippen molar-refractivity contribution in [1.29, 1.82) is 0 Å². The van der Waals surface area contributed by atoms with E-state index in [0.717, 1.165) is 19.3 Å². The van der Waals surface area contributed by atoms with Crippen LogP contribution in [0.25, 0.3) is 0 Å². The van der Waals surface area contributed by atoms with Gasteiger partial charge in [-0.15, -0.1) is 0 Å². The first-order chi connectivity index (χ1) is 9.73. The van der Waals surface area contributed by atoms with Crippen LogP contribution in [0.3, 0.4) is 0 Å². The molecule has 21 heavy (non-hydrogen) atoms. The highest BCUT2D eigenvalue weighted by molar-refractivity contribution is 6.61. The minimum atomic E-state index is -4.16. The Bertz CT molecular complexity index is 286. The molecule has 0 bridgehead atoms. The molecule has 0 amide bonds. The molecule has 0 nitrogen and oxygen atoms in total. The van der Waals surface area contributed by atoms with Crippen LogP contribution in [-0.4, -0.2) is 31.3 Å². The fraction of sp³-hybridized carbons (Fsp3) is 1.00. The molecule has 1 aliphatic heterocycles. The highest BCUT2D eigenvalue weighted by atomic mass is 27.2. The third-order valence-corrected chi connectivity index (χ3v) is 7.90. The summed E-state index contributed by atoms with van der Waals surface area (Å²) in [4.78, 5) is -3.15. The average Bonchev–Trinajstić information content (AvgIpc) is 2.42. The van der Waals surface area contributed by atoms with Gasteiger partial charge in [0.15, 0.2) is 0 Å². The molecule has 7 heteroatoms. The van der Waals surface area contributed by atoms with E-state index in [9.17, 15) is 26.3 Å². The average molecular weight is 332 g/mol. The molecule has 124 valence electrons. The van der Waals surface area contributed by atoms with Gasteiger partial charge in [0, 0.05) is 6.42 Å². The number of rotatable bonds is 8. The van der Waals surface area contributed by atoms with Crippen molar-refractivity contribution in [2.24, 2.45) is 0 Å². The van der Waals surface area contributed by atoms with Crippen LogP contribution in [0.2, 0.25) is 10.6 Å². The van der Waals surface area contributed by atoms with Gasteiger partial charge in [-0.05, 0) is 12.8 Å². The fourth-order valence-electron chi connectivity index (χ4n) is 2.94. The maximum atomic E-state index is 14.0. The summed E-state index contributed by atoms with van der Waals surface area (Å²) in [7, 11) is 0. The van der Waals surface area contributed by atoms with E-state index in [4.69, 9.17) is 0 Å². The monoisotopic (exact) mass is 332 g/mol. The molecule has 1 fully saturated rings. The molecule has 1 unspecified atom stereocenters. The first-order valence-corrected chi connectivity index (χ1v) is 10.0. The van der Waals surface area contributed by atoms with Crippen LogP contribution in [0.5, 0.6) is 0 Å². The molecule has 1 heterocycles. The van der Waals surface area contributed by atoms with Crippen molar-refractivity contribution >= 4 is 14.1 Å². The first kappa shape index (κ1) is 19.2. The number of unbranched alkanes of at least 4 members (excludes halogenated alkanes) is 3.